The van der Waals surface area contributed by atoms with E-state index in [1.807, 2.05) is 67.2 Å². The lowest BCUT2D eigenvalue weighted by Gasteiger charge is -2.04. The van der Waals surface area contributed by atoms with E-state index in [1.165, 1.54) is 11.3 Å². The van der Waals surface area contributed by atoms with Gasteiger partial charge in [-0.15, -0.1) is 11.3 Å². The van der Waals surface area contributed by atoms with Gasteiger partial charge in [0.1, 0.15) is 0 Å². The number of nitrogen functional groups attached to an aromatic ring is 1. The topological polar surface area (TPSA) is 67.2 Å². The first-order chi connectivity index (χ1) is 12.2. The van der Waals surface area contributed by atoms with Crippen LogP contribution in [0.3, 0.4) is 0 Å². The van der Waals surface area contributed by atoms with Crippen LogP contribution < -0.4 is 15.8 Å². The fraction of sp³-hybridized carbons (Fsp3) is 0.105. The lowest BCUT2D eigenvalue weighted by molar-refractivity contribution is 0.112. The summed E-state index contributed by atoms with van der Waals surface area (Å²) in [6.45, 7) is 0. The molecule has 0 radical (unpaired) electrons. The number of nitrogens with one attached hydrogen (secondary N) is 2. The Morgan fingerprint density at radius 1 is 1.04 bits per heavy atom. The quantitative estimate of drug-likeness (QED) is 0.326. The Hall–Kier alpha value is -2.44. The SMILES string of the molecule is CNc1cccc(NSC)c1.Nc1cccc(-c2csc(C=O)c2)c1. The van der Waals surface area contributed by atoms with E-state index < -0.39 is 0 Å². The van der Waals surface area contributed by atoms with Crippen LogP contribution >= 0.6 is 23.3 Å². The molecule has 3 aromatic rings. The Bertz CT molecular complexity index is 818. The molecule has 0 amide bonds. The van der Waals surface area contributed by atoms with E-state index in [9.17, 15) is 4.79 Å². The average Bonchev–Trinajstić information content (AvgIpc) is 3.12. The van der Waals surface area contributed by atoms with Crippen molar-refractivity contribution in [3.05, 3.63) is 64.9 Å². The van der Waals surface area contributed by atoms with Crippen LogP contribution in [0.5, 0.6) is 0 Å². The van der Waals surface area contributed by atoms with Gasteiger partial charge in [0.25, 0.3) is 0 Å². The summed E-state index contributed by atoms with van der Waals surface area (Å²) in [5.41, 5.74) is 10.8. The molecule has 0 unspecified atom stereocenters. The first-order valence-corrected chi connectivity index (χ1v) is 9.73. The molecule has 0 spiro atoms. The number of thiophene rings is 1. The fourth-order valence-electron chi connectivity index (χ4n) is 2.14. The smallest absolute Gasteiger partial charge is 0.160 e. The molecule has 0 saturated heterocycles. The van der Waals surface area contributed by atoms with Gasteiger partial charge in [-0.3, -0.25) is 4.79 Å². The summed E-state index contributed by atoms with van der Waals surface area (Å²) in [4.78, 5) is 11.2. The van der Waals surface area contributed by atoms with E-state index in [1.54, 1.807) is 11.9 Å². The second-order valence-corrected chi connectivity index (χ2v) is 6.67. The van der Waals surface area contributed by atoms with E-state index in [4.69, 9.17) is 5.73 Å². The minimum absolute atomic E-state index is 0.737. The highest BCUT2D eigenvalue weighted by atomic mass is 32.2. The van der Waals surface area contributed by atoms with Crippen LogP contribution in [-0.4, -0.2) is 19.6 Å². The number of aldehydes is 1. The number of hydrogen-bond donors (Lipinski definition) is 3. The van der Waals surface area contributed by atoms with Gasteiger partial charge in [-0.05, 0) is 52.9 Å². The van der Waals surface area contributed by atoms with Crippen LogP contribution in [0.25, 0.3) is 11.1 Å². The predicted molar refractivity (Wildman–Crippen MR) is 113 cm³/mol. The van der Waals surface area contributed by atoms with Gasteiger partial charge in [0.05, 0.1) is 4.88 Å². The number of nitrogens with two attached hydrogens (primary N) is 1. The van der Waals surface area contributed by atoms with E-state index >= 15 is 0 Å². The molecule has 0 bridgehead atoms. The van der Waals surface area contributed by atoms with Crippen molar-refractivity contribution in [2.24, 2.45) is 0 Å². The van der Waals surface area contributed by atoms with Gasteiger partial charge in [-0.2, -0.15) is 0 Å². The molecule has 0 aliphatic rings. The molecule has 3 rings (SSSR count). The Labute approximate surface area is 156 Å². The normalized spacial score (nSPS) is 9.68. The minimum Gasteiger partial charge on any atom is -0.399 e. The van der Waals surface area contributed by atoms with Gasteiger partial charge in [-0.25, -0.2) is 0 Å². The summed E-state index contributed by atoms with van der Waals surface area (Å²) < 4.78 is 3.16. The maximum absolute atomic E-state index is 10.5. The van der Waals surface area contributed by atoms with Crippen LogP contribution in [0.4, 0.5) is 17.1 Å². The molecular formula is C19H21N3OS2. The van der Waals surface area contributed by atoms with Gasteiger partial charge in [-0.1, -0.05) is 30.1 Å². The number of anilines is 3. The summed E-state index contributed by atoms with van der Waals surface area (Å²) in [5, 5.41) is 5.03. The minimum atomic E-state index is 0.737. The van der Waals surface area contributed by atoms with Gasteiger partial charge >= 0.3 is 0 Å². The van der Waals surface area contributed by atoms with E-state index in [0.29, 0.717) is 0 Å². The summed E-state index contributed by atoms with van der Waals surface area (Å²) in [6, 6.07) is 17.7. The number of rotatable bonds is 5. The van der Waals surface area contributed by atoms with Gasteiger partial charge in [0.15, 0.2) is 6.29 Å². The number of carbonyl (C=O) groups excluding carboxylic acids is 1. The predicted octanol–water partition coefficient (Wildman–Crippen LogP) is 5.23. The first kappa shape index (κ1) is 18.9. The standard InChI is InChI=1S/C11H9NOS.C8H12N2S/c12-10-3-1-2-8(4-10)9-5-11(6-13)14-7-9;1-9-7-4-3-5-8(6-7)10-11-2/h1-7H,12H2;3-6,9-10H,1-2H3. The van der Waals surface area contributed by atoms with Crippen LogP contribution in [0, 0.1) is 0 Å². The summed E-state index contributed by atoms with van der Waals surface area (Å²) in [7, 11) is 1.91. The average molecular weight is 372 g/mol. The van der Waals surface area contributed by atoms with Crippen molar-refractivity contribution < 1.29 is 4.79 Å². The van der Waals surface area contributed by atoms with Crippen molar-refractivity contribution in [3.8, 4) is 11.1 Å². The number of carbonyl (C=O) groups is 1. The second-order valence-electron chi connectivity index (χ2n) is 5.12. The molecule has 0 aliphatic carbocycles. The van der Waals surface area contributed by atoms with Crippen LogP contribution in [0.15, 0.2) is 60.0 Å². The van der Waals surface area contributed by atoms with Crippen molar-refractivity contribution in [2.75, 3.05) is 29.1 Å². The van der Waals surface area contributed by atoms with E-state index in [2.05, 4.69) is 16.1 Å². The molecule has 1 heterocycles. The van der Waals surface area contributed by atoms with Gasteiger partial charge < -0.3 is 15.8 Å². The molecule has 6 heteroatoms. The van der Waals surface area contributed by atoms with Crippen molar-refractivity contribution in [1.29, 1.82) is 0 Å². The maximum atomic E-state index is 10.5. The van der Waals surface area contributed by atoms with Crippen LogP contribution in [0.1, 0.15) is 9.67 Å². The monoisotopic (exact) mass is 371 g/mol. The molecule has 2 aromatic carbocycles. The van der Waals surface area contributed by atoms with Crippen molar-refractivity contribution in [2.45, 2.75) is 0 Å². The van der Waals surface area contributed by atoms with Crippen molar-refractivity contribution in [3.63, 3.8) is 0 Å². The molecule has 1 aromatic heterocycles. The first-order valence-electron chi connectivity index (χ1n) is 7.62. The second kappa shape index (κ2) is 9.76. The maximum Gasteiger partial charge on any atom is 0.160 e. The number of benzene rings is 2. The molecular weight excluding hydrogens is 350 g/mol. The summed E-state index contributed by atoms with van der Waals surface area (Å²) in [5.74, 6) is 0. The zero-order valence-corrected chi connectivity index (χ0v) is 15.8. The Balaban J connectivity index is 0.000000186. The highest BCUT2D eigenvalue weighted by Crippen LogP contribution is 2.25. The van der Waals surface area contributed by atoms with Crippen molar-refractivity contribution >= 4 is 46.6 Å². The third-order valence-corrected chi connectivity index (χ3v) is 4.62. The number of hydrogen-bond acceptors (Lipinski definition) is 6. The molecule has 0 saturated carbocycles. The summed E-state index contributed by atoms with van der Waals surface area (Å²) >= 11 is 3.04. The van der Waals surface area contributed by atoms with E-state index in [0.717, 1.165) is 39.4 Å². The zero-order valence-electron chi connectivity index (χ0n) is 14.2. The Morgan fingerprint density at radius 2 is 1.80 bits per heavy atom. The van der Waals surface area contributed by atoms with Crippen LogP contribution in [-0.2, 0) is 0 Å². The zero-order chi connectivity index (χ0) is 18.1. The molecule has 0 atom stereocenters. The molecule has 0 fully saturated rings. The molecule has 4 nitrogen and oxygen atoms in total. The molecule has 4 N–H and O–H groups in total. The highest BCUT2D eigenvalue weighted by Gasteiger charge is 2.01. The fourth-order valence-corrected chi connectivity index (χ4v) is 3.22. The molecule has 130 valence electrons. The third kappa shape index (κ3) is 5.85. The largest absolute Gasteiger partial charge is 0.399 e. The lowest BCUT2D eigenvalue weighted by atomic mass is 10.1. The van der Waals surface area contributed by atoms with E-state index in [-0.39, 0.29) is 0 Å². The summed E-state index contributed by atoms with van der Waals surface area (Å²) in [6.07, 6.45) is 2.87. The van der Waals surface area contributed by atoms with Crippen molar-refractivity contribution in [1.82, 2.24) is 0 Å². The lowest BCUT2D eigenvalue weighted by Crippen LogP contribution is -1.89. The highest BCUT2D eigenvalue weighted by molar-refractivity contribution is 7.99. The van der Waals surface area contributed by atoms with Gasteiger partial charge in [0.2, 0.25) is 0 Å². The van der Waals surface area contributed by atoms with Crippen LogP contribution in [0.2, 0.25) is 0 Å². The van der Waals surface area contributed by atoms with Gasteiger partial charge in [0, 0.05) is 30.4 Å². The molecule has 25 heavy (non-hydrogen) atoms. The Kier molecular flexibility index (Phi) is 7.37. The Morgan fingerprint density at radius 3 is 2.44 bits per heavy atom. The third-order valence-electron chi connectivity index (χ3n) is 3.33. The molecule has 0 aliphatic heterocycles.